The van der Waals surface area contributed by atoms with Crippen molar-refractivity contribution < 1.29 is 4.79 Å². The Balaban J connectivity index is 1.79. The van der Waals surface area contributed by atoms with E-state index in [1.807, 2.05) is 6.07 Å². The molecule has 3 aromatic rings. The van der Waals surface area contributed by atoms with Gasteiger partial charge in [0.15, 0.2) is 0 Å². The maximum Gasteiger partial charge on any atom is 0.257 e. The van der Waals surface area contributed by atoms with Crippen LogP contribution in [0.25, 0.3) is 10.6 Å². The average molecular weight is 350 g/mol. The first kappa shape index (κ1) is 15.0. The van der Waals surface area contributed by atoms with Crippen LogP contribution in [-0.4, -0.2) is 16.1 Å². The van der Waals surface area contributed by atoms with Gasteiger partial charge in [-0.1, -0.05) is 58.8 Å². The molecule has 0 radical (unpaired) electrons. The van der Waals surface area contributed by atoms with E-state index < -0.39 is 0 Å². The van der Waals surface area contributed by atoms with Crippen LogP contribution in [-0.2, 0) is 0 Å². The largest absolute Gasteiger partial charge is 0.296 e. The molecule has 0 fully saturated rings. The molecular weight excluding hydrogens is 341 g/mol. The first-order chi connectivity index (χ1) is 10.6. The molecule has 1 heterocycles. The zero-order valence-corrected chi connectivity index (χ0v) is 13.4. The molecule has 0 spiro atoms. The zero-order valence-electron chi connectivity index (χ0n) is 11.1. The van der Waals surface area contributed by atoms with Crippen molar-refractivity contribution in [1.29, 1.82) is 0 Å². The Kier molecular flexibility index (Phi) is 4.38. The molecule has 1 amide bonds. The number of carbonyl (C=O) groups excluding carboxylic acids is 1. The first-order valence-electron chi connectivity index (χ1n) is 6.29. The summed E-state index contributed by atoms with van der Waals surface area (Å²) in [4.78, 5) is 12.0. The summed E-state index contributed by atoms with van der Waals surface area (Å²) >= 11 is 13.1. The standard InChI is InChI=1S/C15H9Cl2N3OS/c16-11-7-6-10(8-12(11)17)14-19-20-15(22-14)18-13(21)9-4-2-1-3-5-9/h1-8H,(H,18,20,21). The number of anilines is 1. The third kappa shape index (κ3) is 3.27. The molecule has 110 valence electrons. The minimum atomic E-state index is -0.225. The smallest absolute Gasteiger partial charge is 0.257 e. The second-order valence-electron chi connectivity index (χ2n) is 4.36. The number of rotatable bonds is 3. The summed E-state index contributed by atoms with van der Waals surface area (Å²) in [5.41, 5.74) is 1.36. The molecule has 22 heavy (non-hydrogen) atoms. The minimum absolute atomic E-state index is 0.225. The van der Waals surface area contributed by atoms with Crippen LogP contribution < -0.4 is 5.32 Å². The van der Waals surface area contributed by atoms with Crippen molar-refractivity contribution in [3.05, 3.63) is 64.1 Å². The highest BCUT2D eigenvalue weighted by molar-refractivity contribution is 7.18. The summed E-state index contributed by atoms with van der Waals surface area (Å²) < 4.78 is 0. The van der Waals surface area contributed by atoms with Gasteiger partial charge < -0.3 is 0 Å². The van der Waals surface area contributed by atoms with Gasteiger partial charge in [-0.05, 0) is 24.3 Å². The van der Waals surface area contributed by atoms with Crippen LogP contribution in [0.1, 0.15) is 10.4 Å². The van der Waals surface area contributed by atoms with Crippen LogP contribution in [0.2, 0.25) is 10.0 Å². The van der Waals surface area contributed by atoms with Crippen LogP contribution >= 0.6 is 34.5 Å². The molecule has 0 saturated heterocycles. The summed E-state index contributed by atoms with van der Waals surface area (Å²) in [6, 6.07) is 14.1. The highest BCUT2D eigenvalue weighted by Gasteiger charge is 2.11. The third-order valence-corrected chi connectivity index (χ3v) is 4.47. The fourth-order valence-corrected chi connectivity index (χ4v) is 2.81. The predicted octanol–water partition coefficient (Wildman–Crippen LogP) is 4.76. The highest BCUT2D eigenvalue weighted by Crippen LogP contribution is 2.31. The first-order valence-corrected chi connectivity index (χ1v) is 7.86. The number of hydrogen-bond acceptors (Lipinski definition) is 4. The molecule has 7 heteroatoms. The molecular formula is C15H9Cl2N3OS. The van der Waals surface area contributed by atoms with Crippen LogP contribution in [0.15, 0.2) is 48.5 Å². The summed E-state index contributed by atoms with van der Waals surface area (Å²) in [5, 5.41) is 12.8. The van der Waals surface area contributed by atoms with E-state index in [0.29, 0.717) is 25.7 Å². The molecule has 2 aromatic carbocycles. The molecule has 0 atom stereocenters. The second-order valence-corrected chi connectivity index (χ2v) is 6.15. The van der Waals surface area contributed by atoms with E-state index in [-0.39, 0.29) is 5.91 Å². The Morgan fingerprint density at radius 3 is 2.50 bits per heavy atom. The van der Waals surface area contributed by atoms with Gasteiger partial charge in [-0.15, -0.1) is 10.2 Å². The van der Waals surface area contributed by atoms with E-state index in [4.69, 9.17) is 23.2 Å². The van der Waals surface area contributed by atoms with Crippen LogP contribution in [0.4, 0.5) is 5.13 Å². The van der Waals surface area contributed by atoms with Gasteiger partial charge in [0.05, 0.1) is 10.0 Å². The van der Waals surface area contributed by atoms with Crippen molar-refractivity contribution in [2.75, 3.05) is 5.32 Å². The van der Waals surface area contributed by atoms with E-state index >= 15 is 0 Å². The van der Waals surface area contributed by atoms with E-state index in [9.17, 15) is 4.79 Å². The Morgan fingerprint density at radius 2 is 1.77 bits per heavy atom. The van der Waals surface area contributed by atoms with Crippen LogP contribution in [0.3, 0.4) is 0 Å². The molecule has 0 saturated carbocycles. The van der Waals surface area contributed by atoms with Gasteiger partial charge in [0.25, 0.3) is 5.91 Å². The molecule has 0 aliphatic rings. The second kappa shape index (κ2) is 6.44. The van der Waals surface area contributed by atoms with Crippen LogP contribution in [0, 0.1) is 0 Å². The van der Waals surface area contributed by atoms with Crippen molar-refractivity contribution >= 4 is 45.6 Å². The topological polar surface area (TPSA) is 54.9 Å². The van der Waals surface area contributed by atoms with Gasteiger partial charge in [0.1, 0.15) is 5.01 Å². The van der Waals surface area contributed by atoms with E-state index in [1.54, 1.807) is 42.5 Å². The van der Waals surface area contributed by atoms with Crippen molar-refractivity contribution in [1.82, 2.24) is 10.2 Å². The SMILES string of the molecule is O=C(Nc1nnc(-c2ccc(Cl)c(Cl)c2)s1)c1ccccc1. The quantitative estimate of drug-likeness (QED) is 0.741. The van der Waals surface area contributed by atoms with Crippen LogP contribution in [0.5, 0.6) is 0 Å². The summed E-state index contributed by atoms with van der Waals surface area (Å²) in [6.07, 6.45) is 0. The number of amides is 1. The van der Waals surface area contributed by atoms with E-state index in [2.05, 4.69) is 15.5 Å². The lowest BCUT2D eigenvalue weighted by atomic mass is 10.2. The van der Waals surface area contributed by atoms with Crippen molar-refractivity contribution in [2.24, 2.45) is 0 Å². The Bertz CT molecular complexity index is 821. The number of halogens is 2. The minimum Gasteiger partial charge on any atom is -0.296 e. The summed E-state index contributed by atoms with van der Waals surface area (Å²) in [6.45, 7) is 0. The fourth-order valence-electron chi connectivity index (χ4n) is 1.78. The van der Waals surface area contributed by atoms with Gasteiger partial charge in [-0.3, -0.25) is 10.1 Å². The maximum atomic E-state index is 12.0. The summed E-state index contributed by atoms with van der Waals surface area (Å²) in [5.74, 6) is -0.225. The number of hydrogen-bond donors (Lipinski definition) is 1. The van der Waals surface area contributed by atoms with E-state index in [0.717, 1.165) is 5.56 Å². The Labute approximate surface area is 140 Å². The average Bonchev–Trinajstić information content (AvgIpc) is 2.99. The van der Waals surface area contributed by atoms with Gasteiger partial charge >= 0.3 is 0 Å². The normalized spacial score (nSPS) is 10.5. The molecule has 1 N–H and O–H groups in total. The fraction of sp³-hybridized carbons (Fsp3) is 0. The maximum absolute atomic E-state index is 12.0. The molecule has 0 bridgehead atoms. The predicted molar refractivity (Wildman–Crippen MR) is 89.8 cm³/mol. The third-order valence-electron chi connectivity index (χ3n) is 2.85. The molecule has 4 nitrogen and oxygen atoms in total. The molecule has 0 unspecified atom stereocenters. The molecule has 0 aliphatic heterocycles. The van der Waals surface area contributed by atoms with E-state index in [1.165, 1.54) is 11.3 Å². The number of carbonyl (C=O) groups is 1. The Hall–Kier alpha value is -1.95. The highest BCUT2D eigenvalue weighted by atomic mass is 35.5. The lowest BCUT2D eigenvalue weighted by Crippen LogP contribution is -2.11. The lowest BCUT2D eigenvalue weighted by Gasteiger charge is -2.00. The molecule has 3 rings (SSSR count). The number of nitrogens with zero attached hydrogens (tertiary/aromatic N) is 2. The molecule has 0 aliphatic carbocycles. The molecule has 1 aromatic heterocycles. The van der Waals surface area contributed by atoms with Gasteiger partial charge in [-0.2, -0.15) is 0 Å². The van der Waals surface area contributed by atoms with Crippen molar-refractivity contribution in [3.8, 4) is 10.6 Å². The van der Waals surface area contributed by atoms with Crippen molar-refractivity contribution in [2.45, 2.75) is 0 Å². The lowest BCUT2D eigenvalue weighted by molar-refractivity contribution is 0.102. The number of aromatic nitrogens is 2. The van der Waals surface area contributed by atoms with Gasteiger partial charge in [0, 0.05) is 11.1 Å². The van der Waals surface area contributed by atoms with Gasteiger partial charge in [0.2, 0.25) is 5.13 Å². The van der Waals surface area contributed by atoms with Gasteiger partial charge in [-0.25, -0.2) is 0 Å². The zero-order chi connectivity index (χ0) is 15.5. The number of nitrogens with one attached hydrogen (secondary N) is 1. The number of benzene rings is 2. The summed E-state index contributed by atoms with van der Waals surface area (Å²) in [7, 11) is 0. The van der Waals surface area contributed by atoms with Crippen molar-refractivity contribution in [3.63, 3.8) is 0 Å². The Morgan fingerprint density at radius 1 is 1.00 bits per heavy atom. The monoisotopic (exact) mass is 349 g/mol.